The molecule has 0 aromatic rings. The monoisotopic (exact) mass is 1440 g/mol. The van der Waals surface area contributed by atoms with Crippen LogP contribution in [0.5, 0.6) is 0 Å². The van der Waals surface area contributed by atoms with Gasteiger partial charge in [-0.05, 0) is 37.5 Å². The van der Waals surface area contributed by atoms with Gasteiger partial charge in [-0.2, -0.15) is 0 Å². The molecule has 582 valence electrons. The van der Waals surface area contributed by atoms with E-state index in [-0.39, 0.29) is 25.7 Å². The number of esters is 4. The summed E-state index contributed by atoms with van der Waals surface area (Å²) in [5.41, 5.74) is 0. The minimum absolute atomic E-state index is 0.103. The third-order valence-electron chi connectivity index (χ3n) is 19.2. The number of carbonyl (C=O) groups excluding carboxylic acids is 4. The molecule has 0 rings (SSSR count). The second-order valence-electron chi connectivity index (χ2n) is 28.9. The van der Waals surface area contributed by atoms with Gasteiger partial charge >= 0.3 is 39.5 Å². The Kier molecular flexibility index (Phi) is 69.3. The van der Waals surface area contributed by atoms with Crippen molar-refractivity contribution < 1.29 is 80.2 Å². The van der Waals surface area contributed by atoms with Gasteiger partial charge in [0.1, 0.15) is 19.3 Å². The van der Waals surface area contributed by atoms with Gasteiger partial charge < -0.3 is 33.8 Å². The van der Waals surface area contributed by atoms with Crippen LogP contribution in [0.4, 0.5) is 0 Å². The molecule has 0 amide bonds. The molecule has 0 fully saturated rings. The van der Waals surface area contributed by atoms with Crippen LogP contribution in [0.3, 0.4) is 0 Å². The van der Waals surface area contributed by atoms with E-state index in [2.05, 4.69) is 41.5 Å². The van der Waals surface area contributed by atoms with E-state index < -0.39 is 97.5 Å². The molecule has 0 spiro atoms. The van der Waals surface area contributed by atoms with Crippen molar-refractivity contribution in [3.63, 3.8) is 0 Å². The number of hydrogen-bond acceptors (Lipinski definition) is 15. The van der Waals surface area contributed by atoms with Crippen molar-refractivity contribution in [2.75, 3.05) is 39.6 Å². The van der Waals surface area contributed by atoms with Crippen molar-refractivity contribution in [1.29, 1.82) is 0 Å². The summed E-state index contributed by atoms with van der Waals surface area (Å²) in [4.78, 5) is 72.8. The lowest BCUT2D eigenvalue weighted by molar-refractivity contribution is -0.161. The van der Waals surface area contributed by atoms with Gasteiger partial charge in [-0.3, -0.25) is 37.3 Å². The van der Waals surface area contributed by atoms with Gasteiger partial charge in [0.15, 0.2) is 12.2 Å². The van der Waals surface area contributed by atoms with Crippen LogP contribution >= 0.6 is 15.6 Å². The quantitative estimate of drug-likeness (QED) is 0.0222. The van der Waals surface area contributed by atoms with E-state index in [0.717, 1.165) is 108 Å². The van der Waals surface area contributed by atoms with Gasteiger partial charge in [0, 0.05) is 25.7 Å². The van der Waals surface area contributed by atoms with Gasteiger partial charge in [-0.25, -0.2) is 9.13 Å². The van der Waals surface area contributed by atoms with Crippen molar-refractivity contribution >= 4 is 39.5 Å². The van der Waals surface area contributed by atoms with E-state index in [0.29, 0.717) is 25.7 Å². The van der Waals surface area contributed by atoms with Crippen LogP contribution < -0.4 is 0 Å². The maximum atomic E-state index is 13.1. The largest absolute Gasteiger partial charge is 0.472 e. The molecule has 0 aliphatic heterocycles. The summed E-state index contributed by atoms with van der Waals surface area (Å²) in [6.45, 7) is 9.60. The predicted molar refractivity (Wildman–Crippen MR) is 400 cm³/mol. The second kappa shape index (κ2) is 70.7. The lowest BCUT2D eigenvalue weighted by Gasteiger charge is -2.21. The number of ether oxygens (including phenoxy) is 4. The summed E-state index contributed by atoms with van der Waals surface area (Å²) in [5.74, 6) is -0.527. The molecule has 0 aliphatic carbocycles. The van der Waals surface area contributed by atoms with Gasteiger partial charge in [0.2, 0.25) is 0 Å². The van der Waals surface area contributed by atoms with Crippen LogP contribution in [0.1, 0.15) is 414 Å². The molecule has 0 saturated heterocycles. The zero-order valence-electron chi connectivity index (χ0n) is 64.1. The Morgan fingerprint density at radius 3 is 0.724 bits per heavy atom. The van der Waals surface area contributed by atoms with Gasteiger partial charge in [-0.1, -0.05) is 363 Å². The molecule has 17 nitrogen and oxygen atoms in total. The Balaban J connectivity index is 5.16. The van der Waals surface area contributed by atoms with Crippen molar-refractivity contribution in [3.05, 3.63) is 0 Å². The number of aliphatic hydroxyl groups is 1. The highest BCUT2D eigenvalue weighted by Gasteiger charge is 2.30. The fourth-order valence-corrected chi connectivity index (χ4v) is 13.7. The van der Waals surface area contributed by atoms with E-state index in [1.54, 1.807) is 0 Å². The molecule has 0 heterocycles. The lowest BCUT2D eigenvalue weighted by Crippen LogP contribution is -2.30. The number of hydrogen-bond donors (Lipinski definition) is 3. The zero-order chi connectivity index (χ0) is 72.1. The van der Waals surface area contributed by atoms with Gasteiger partial charge in [0.25, 0.3) is 0 Å². The summed E-state index contributed by atoms with van der Waals surface area (Å²) < 4.78 is 68.5. The molecule has 0 aromatic carbocycles. The number of phosphoric acid groups is 2. The van der Waals surface area contributed by atoms with E-state index in [1.807, 2.05) is 0 Å². The molecule has 7 atom stereocenters. The molecule has 4 unspecified atom stereocenters. The number of unbranched alkanes of at least 4 members (excludes halogenated alkanes) is 46. The van der Waals surface area contributed by atoms with Crippen LogP contribution in [-0.2, 0) is 65.4 Å². The van der Waals surface area contributed by atoms with Crippen molar-refractivity contribution in [1.82, 2.24) is 0 Å². The zero-order valence-corrected chi connectivity index (χ0v) is 65.9. The summed E-state index contributed by atoms with van der Waals surface area (Å²) in [6, 6.07) is 0. The normalized spacial score (nSPS) is 14.5. The third kappa shape index (κ3) is 69.8. The number of carbonyl (C=O) groups is 4. The van der Waals surface area contributed by atoms with Crippen molar-refractivity contribution in [3.8, 4) is 0 Å². The standard InChI is InChI=1S/C79H154O17P2/c1-7-11-13-15-17-19-20-21-22-23-27-30-33-36-39-43-50-56-62-77(82)90-67-74(95-78(83)63-57-51-44-40-37-34-31-28-25-24-26-29-32-35-38-41-47-53-59-71(5)9-3)69-93-97(85,86)91-65-73(80)66-92-98(87,88)94-70-75(68-89-76(81)61-55-49-42-18-16-14-12-8-2)96-79(84)64-58-52-46-45-48-54-60-72(6)10-4/h71-75,80H,7-70H2,1-6H3,(H,85,86)(H,87,88)/t71?,72?,73-,74-,75-/m1/s1. The highest BCUT2D eigenvalue weighted by molar-refractivity contribution is 7.47. The van der Waals surface area contributed by atoms with E-state index in [9.17, 15) is 43.2 Å². The Morgan fingerprint density at radius 1 is 0.286 bits per heavy atom. The average molecular weight is 1440 g/mol. The van der Waals surface area contributed by atoms with E-state index >= 15 is 0 Å². The molecule has 98 heavy (non-hydrogen) atoms. The van der Waals surface area contributed by atoms with Crippen LogP contribution in [0.2, 0.25) is 0 Å². The summed E-state index contributed by atoms with van der Waals surface area (Å²) >= 11 is 0. The molecular formula is C79H154O17P2. The maximum Gasteiger partial charge on any atom is 0.472 e. The minimum Gasteiger partial charge on any atom is -0.462 e. The number of phosphoric ester groups is 2. The molecule has 0 radical (unpaired) electrons. The SMILES string of the molecule is CCCCCCCCCCCCCCCCCCCCC(=O)OC[C@H](COP(=O)(O)OC[C@@H](O)COP(=O)(O)OC[C@@H](COC(=O)CCCCCCCCCC)OC(=O)CCCCCCCCC(C)CC)OC(=O)CCCCCCCCCCCCCCCCCCCCC(C)CC. The first-order valence-electron chi connectivity index (χ1n) is 41.1. The Hall–Kier alpha value is -1.94. The first-order valence-corrected chi connectivity index (χ1v) is 44.1. The fourth-order valence-electron chi connectivity index (χ4n) is 12.1. The highest BCUT2D eigenvalue weighted by Crippen LogP contribution is 2.45. The number of rotatable bonds is 78. The van der Waals surface area contributed by atoms with Crippen LogP contribution in [0.15, 0.2) is 0 Å². The van der Waals surface area contributed by atoms with Crippen molar-refractivity contribution in [2.45, 2.75) is 432 Å². The van der Waals surface area contributed by atoms with Gasteiger partial charge in [0.05, 0.1) is 26.4 Å². The maximum absolute atomic E-state index is 13.1. The second-order valence-corrected chi connectivity index (χ2v) is 31.8. The smallest absolute Gasteiger partial charge is 0.462 e. The molecule has 3 N–H and O–H groups in total. The summed E-state index contributed by atoms with van der Waals surface area (Å²) in [7, 11) is -9.91. The van der Waals surface area contributed by atoms with E-state index in [4.69, 9.17) is 37.0 Å². The summed E-state index contributed by atoms with van der Waals surface area (Å²) in [5, 5.41) is 10.6. The highest BCUT2D eigenvalue weighted by atomic mass is 31.2. The molecular weight excluding hydrogens is 1280 g/mol. The Labute approximate surface area is 600 Å². The van der Waals surface area contributed by atoms with Crippen LogP contribution in [-0.4, -0.2) is 96.7 Å². The first kappa shape index (κ1) is 96.1. The fraction of sp³-hybridized carbons (Fsp3) is 0.949. The van der Waals surface area contributed by atoms with E-state index in [1.165, 1.54) is 225 Å². The molecule has 0 aliphatic rings. The number of aliphatic hydroxyl groups excluding tert-OH is 1. The Bertz CT molecular complexity index is 1890. The molecule has 0 aromatic heterocycles. The lowest BCUT2D eigenvalue weighted by atomic mass is 9.99. The van der Waals surface area contributed by atoms with Crippen molar-refractivity contribution in [2.24, 2.45) is 11.8 Å². The topological polar surface area (TPSA) is 237 Å². The molecule has 0 saturated carbocycles. The predicted octanol–water partition coefficient (Wildman–Crippen LogP) is 23.5. The van der Waals surface area contributed by atoms with Crippen LogP contribution in [0.25, 0.3) is 0 Å². The summed E-state index contributed by atoms with van der Waals surface area (Å²) in [6.07, 6.45) is 59.9. The molecule has 0 bridgehead atoms. The minimum atomic E-state index is -4.96. The van der Waals surface area contributed by atoms with Crippen LogP contribution in [0, 0.1) is 11.8 Å². The Morgan fingerprint density at radius 2 is 0.490 bits per heavy atom. The third-order valence-corrected chi connectivity index (χ3v) is 21.1. The molecule has 19 heteroatoms. The first-order chi connectivity index (χ1) is 47.4. The average Bonchev–Trinajstić information content (AvgIpc) is 1.12. The van der Waals surface area contributed by atoms with Gasteiger partial charge in [-0.15, -0.1) is 0 Å².